The third-order valence-corrected chi connectivity index (χ3v) is 6.23. The molecular formula is C27H24N4O. The van der Waals surface area contributed by atoms with Gasteiger partial charge in [0.05, 0.1) is 11.2 Å². The average Bonchev–Trinajstić information content (AvgIpc) is 3.64. The average molecular weight is 421 g/mol. The highest BCUT2D eigenvalue weighted by Crippen LogP contribution is 2.38. The van der Waals surface area contributed by atoms with Gasteiger partial charge in [0, 0.05) is 25.3 Å². The zero-order chi connectivity index (χ0) is 22.2. The second kappa shape index (κ2) is 7.97. The quantitative estimate of drug-likeness (QED) is 0.438. The Morgan fingerprint density at radius 2 is 1.91 bits per heavy atom. The number of fused-ring (bicyclic) bond motifs is 1. The van der Waals surface area contributed by atoms with Crippen molar-refractivity contribution >= 4 is 22.4 Å². The highest BCUT2D eigenvalue weighted by atomic mass is 16.1. The van der Waals surface area contributed by atoms with Crippen LogP contribution in [0.5, 0.6) is 0 Å². The molecule has 0 N–H and O–H groups in total. The van der Waals surface area contributed by atoms with Crippen molar-refractivity contribution < 1.29 is 0 Å². The van der Waals surface area contributed by atoms with Crippen LogP contribution in [0, 0.1) is 24.2 Å². The molecule has 5 nitrogen and oxygen atoms in total. The molecule has 2 aromatic carbocycles. The molecule has 5 heteroatoms. The number of rotatable bonds is 5. The van der Waals surface area contributed by atoms with Crippen molar-refractivity contribution in [2.75, 3.05) is 11.4 Å². The Labute approximate surface area is 187 Å². The molecule has 158 valence electrons. The highest BCUT2D eigenvalue weighted by molar-refractivity contribution is 5.91. The summed E-state index contributed by atoms with van der Waals surface area (Å²) in [5.41, 5.74) is 6.99. The van der Waals surface area contributed by atoms with Gasteiger partial charge in [-0.3, -0.25) is 4.79 Å². The van der Waals surface area contributed by atoms with Crippen molar-refractivity contribution in [1.29, 1.82) is 5.26 Å². The first-order chi connectivity index (χ1) is 15.5. The lowest BCUT2D eigenvalue weighted by Gasteiger charge is -2.27. The fourth-order valence-electron chi connectivity index (χ4n) is 4.22. The molecule has 0 bridgehead atoms. The molecule has 2 heterocycles. The van der Waals surface area contributed by atoms with Crippen LogP contribution in [0.4, 0.5) is 11.4 Å². The Kier molecular flexibility index (Phi) is 4.99. The van der Waals surface area contributed by atoms with E-state index in [9.17, 15) is 10.1 Å². The van der Waals surface area contributed by atoms with E-state index in [1.165, 1.54) is 24.0 Å². The maximum Gasteiger partial charge on any atom is 0.252 e. The molecule has 1 fully saturated rings. The summed E-state index contributed by atoms with van der Waals surface area (Å²) in [6, 6.07) is 24.1. The largest absolute Gasteiger partial charge is 0.339 e. The maximum absolute atomic E-state index is 12.8. The Morgan fingerprint density at radius 3 is 2.66 bits per heavy atom. The van der Waals surface area contributed by atoms with E-state index < -0.39 is 0 Å². The topological polar surface area (TPSA) is 61.9 Å². The zero-order valence-corrected chi connectivity index (χ0v) is 18.2. The predicted molar refractivity (Wildman–Crippen MR) is 128 cm³/mol. The number of nitrogens with zero attached hydrogens (tertiary/aromatic N) is 4. The summed E-state index contributed by atoms with van der Waals surface area (Å²) in [4.78, 5) is 19.6. The number of benzene rings is 2. The van der Waals surface area contributed by atoms with Crippen molar-refractivity contribution in [1.82, 2.24) is 9.55 Å². The molecular weight excluding hydrogens is 396 g/mol. The molecule has 0 radical (unpaired) electrons. The van der Waals surface area contributed by atoms with Crippen LogP contribution in [0.2, 0.25) is 0 Å². The number of anilines is 2. The van der Waals surface area contributed by atoms with E-state index in [4.69, 9.17) is 0 Å². The van der Waals surface area contributed by atoms with Gasteiger partial charge < -0.3 is 9.47 Å². The van der Waals surface area contributed by atoms with E-state index in [0.717, 1.165) is 29.0 Å². The van der Waals surface area contributed by atoms with Gasteiger partial charge in [-0.05, 0) is 66.6 Å². The summed E-state index contributed by atoms with van der Waals surface area (Å²) in [5, 5.41) is 9.42. The molecule has 0 unspecified atom stereocenters. The minimum atomic E-state index is -0.0881. The molecule has 32 heavy (non-hydrogen) atoms. The number of nitriles is 1. The standard InChI is InChI=1S/C27H24N4O/c1-18-6-3-4-9-23(18)20-7-5-8-22(14-20)31(17-19-10-11-19)25-15-26(32)30(2)24-13-12-21(16-28)29-27(24)25/h3-9,12-15,19H,10-11,17H2,1-2H3. The fraction of sp³-hybridized carbons (Fsp3) is 0.222. The lowest BCUT2D eigenvalue weighted by Crippen LogP contribution is -2.25. The third kappa shape index (κ3) is 3.65. The lowest BCUT2D eigenvalue weighted by molar-refractivity contribution is 0.811. The molecule has 1 aliphatic rings. The van der Waals surface area contributed by atoms with Gasteiger partial charge in [0.2, 0.25) is 0 Å². The molecule has 0 spiro atoms. The van der Waals surface area contributed by atoms with Crippen LogP contribution in [-0.2, 0) is 7.05 Å². The minimum Gasteiger partial charge on any atom is -0.339 e. The van der Waals surface area contributed by atoms with Crippen LogP contribution < -0.4 is 10.5 Å². The fourth-order valence-corrected chi connectivity index (χ4v) is 4.22. The predicted octanol–water partition coefficient (Wildman–Crippen LogP) is 5.33. The second-order valence-corrected chi connectivity index (χ2v) is 8.52. The number of pyridine rings is 2. The van der Waals surface area contributed by atoms with Crippen molar-refractivity contribution in [2.45, 2.75) is 19.8 Å². The summed E-state index contributed by atoms with van der Waals surface area (Å²) in [7, 11) is 1.74. The monoisotopic (exact) mass is 420 g/mol. The smallest absolute Gasteiger partial charge is 0.252 e. The molecule has 0 saturated heterocycles. The molecule has 0 aliphatic heterocycles. The summed E-state index contributed by atoms with van der Waals surface area (Å²) in [6.07, 6.45) is 2.38. The van der Waals surface area contributed by atoms with Gasteiger partial charge in [0.25, 0.3) is 5.56 Å². The second-order valence-electron chi connectivity index (χ2n) is 8.52. The van der Waals surface area contributed by atoms with Gasteiger partial charge in [0.1, 0.15) is 17.3 Å². The van der Waals surface area contributed by atoms with Crippen molar-refractivity contribution in [2.24, 2.45) is 13.0 Å². The van der Waals surface area contributed by atoms with Crippen molar-refractivity contribution in [3.8, 4) is 17.2 Å². The number of aromatic nitrogens is 2. The van der Waals surface area contributed by atoms with E-state index in [0.29, 0.717) is 17.1 Å². The Balaban J connectivity index is 1.71. The van der Waals surface area contributed by atoms with Crippen LogP contribution in [0.3, 0.4) is 0 Å². The van der Waals surface area contributed by atoms with Crippen molar-refractivity contribution in [3.05, 3.63) is 88.3 Å². The highest BCUT2D eigenvalue weighted by Gasteiger charge is 2.27. The third-order valence-electron chi connectivity index (χ3n) is 6.23. The van der Waals surface area contributed by atoms with Crippen LogP contribution in [-0.4, -0.2) is 16.1 Å². The maximum atomic E-state index is 12.8. The molecule has 2 aromatic heterocycles. The van der Waals surface area contributed by atoms with E-state index >= 15 is 0 Å². The van der Waals surface area contributed by atoms with Crippen molar-refractivity contribution in [3.63, 3.8) is 0 Å². The molecule has 1 aliphatic carbocycles. The molecule has 5 rings (SSSR count). The number of hydrogen-bond acceptors (Lipinski definition) is 4. The van der Waals surface area contributed by atoms with E-state index in [-0.39, 0.29) is 5.56 Å². The molecule has 0 amide bonds. The van der Waals surface area contributed by atoms with E-state index in [1.807, 2.05) is 12.1 Å². The Morgan fingerprint density at radius 1 is 1.09 bits per heavy atom. The van der Waals surface area contributed by atoms with Crippen LogP contribution in [0.25, 0.3) is 22.2 Å². The van der Waals surface area contributed by atoms with Crippen LogP contribution in [0.1, 0.15) is 24.1 Å². The van der Waals surface area contributed by atoms with Gasteiger partial charge in [-0.25, -0.2) is 4.98 Å². The number of hydrogen-bond donors (Lipinski definition) is 0. The summed E-state index contributed by atoms with van der Waals surface area (Å²) in [6.45, 7) is 2.93. The lowest BCUT2D eigenvalue weighted by atomic mass is 10.00. The number of aryl methyl sites for hydroxylation is 2. The first kappa shape index (κ1) is 20.0. The normalized spacial score (nSPS) is 13.2. The summed E-state index contributed by atoms with van der Waals surface area (Å²) >= 11 is 0. The zero-order valence-electron chi connectivity index (χ0n) is 18.2. The van der Waals surface area contributed by atoms with E-state index in [2.05, 4.69) is 65.3 Å². The summed E-state index contributed by atoms with van der Waals surface area (Å²) < 4.78 is 1.59. The van der Waals surface area contributed by atoms with Crippen LogP contribution >= 0.6 is 0 Å². The van der Waals surface area contributed by atoms with Gasteiger partial charge in [0.15, 0.2) is 0 Å². The minimum absolute atomic E-state index is 0.0881. The summed E-state index contributed by atoms with van der Waals surface area (Å²) in [5.74, 6) is 0.593. The first-order valence-corrected chi connectivity index (χ1v) is 10.9. The van der Waals surface area contributed by atoms with Gasteiger partial charge in [-0.15, -0.1) is 0 Å². The Bertz CT molecular complexity index is 1430. The van der Waals surface area contributed by atoms with Gasteiger partial charge in [-0.2, -0.15) is 5.26 Å². The molecule has 0 atom stereocenters. The first-order valence-electron chi connectivity index (χ1n) is 10.9. The van der Waals surface area contributed by atoms with E-state index in [1.54, 1.807) is 23.7 Å². The van der Waals surface area contributed by atoms with Crippen LogP contribution in [0.15, 0.2) is 71.5 Å². The molecule has 1 saturated carbocycles. The van der Waals surface area contributed by atoms with Gasteiger partial charge >= 0.3 is 0 Å². The molecule has 4 aromatic rings. The Hall–Kier alpha value is -3.91. The SMILES string of the molecule is Cc1ccccc1-c1cccc(N(CC2CC2)c2cc(=O)n(C)c3ccc(C#N)nc23)c1. The van der Waals surface area contributed by atoms with Gasteiger partial charge in [-0.1, -0.05) is 36.4 Å².